The van der Waals surface area contributed by atoms with E-state index in [-0.39, 0.29) is 5.91 Å². The van der Waals surface area contributed by atoms with Crippen LogP contribution in [0.5, 0.6) is 0 Å². The third-order valence-corrected chi connectivity index (χ3v) is 5.36. The molecule has 0 radical (unpaired) electrons. The van der Waals surface area contributed by atoms with Crippen molar-refractivity contribution in [1.29, 1.82) is 0 Å². The zero-order chi connectivity index (χ0) is 21.5. The first-order valence-corrected chi connectivity index (χ1v) is 9.83. The summed E-state index contributed by atoms with van der Waals surface area (Å²) in [6.07, 6.45) is -0.421. The molecule has 29 heavy (non-hydrogen) atoms. The number of anilines is 1. The molecule has 0 aliphatic carbocycles. The van der Waals surface area contributed by atoms with E-state index >= 15 is 0 Å². The molecule has 2 aromatic heterocycles. The molecule has 0 spiro atoms. The number of amides is 1. The van der Waals surface area contributed by atoms with Gasteiger partial charge in [0.2, 0.25) is 5.91 Å². The summed E-state index contributed by atoms with van der Waals surface area (Å²) in [6.45, 7) is 9.38. The third kappa shape index (κ3) is 4.00. The van der Waals surface area contributed by atoms with Gasteiger partial charge in [0.05, 0.1) is 12.0 Å². The molecule has 1 fully saturated rings. The molecule has 9 heteroatoms. The highest BCUT2D eigenvalue weighted by Crippen LogP contribution is 2.35. The average molecular weight is 406 g/mol. The molecule has 0 bridgehead atoms. The van der Waals surface area contributed by atoms with Gasteiger partial charge in [0.25, 0.3) is 0 Å². The van der Waals surface area contributed by atoms with Crippen molar-refractivity contribution in [2.24, 2.45) is 11.3 Å². The van der Waals surface area contributed by atoms with Crippen LogP contribution in [0.2, 0.25) is 0 Å². The molecule has 2 aromatic rings. The summed E-state index contributed by atoms with van der Waals surface area (Å²) in [5, 5.41) is 33.3. The van der Waals surface area contributed by atoms with E-state index in [1.807, 2.05) is 20.8 Å². The highest BCUT2D eigenvalue weighted by Gasteiger charge is 2.44. The minimum absolute atomic E-state index is 0.133. The van der Waals surface area contributed by atoms with Crippen LogP contribution in [0.3, 0.4) is 0 Å². The third-order valence-electron chi connectivity index (χ3n) is 5.36. The van der Waals surface area contributed by atoms with Crippen molar-refractivity contribution >= 4 is 22.8 Å². The fourth-order valence-corrected chi connectivity index (χ4v) is 4.06. The predicted molar refractivity (Wildman–Crippen MR) is 107 cm³/mol. The van der Waals surface area contributed by atoms with E-state index in [9.17, 15) is 20.1 Å². The normalized spacial score (nSPS) is 25.1. The number of fused-ring (bicyclic) bond motifs is 1. The van der Waals surface area contributed by atoms with Gasteiger partial charge in [0, 0.05) is 11.6 Å². The molecular formula is C20H30N4O5. The Hall–Kier alpha value is -2.07. The lowest BCUT2D eigenvalue weighted by Gasteiger charge is -2.25. The lowest BCUT2D eigenvalue weighted by Crippen LogP contribution is -2.33. The van der Waals surface area contributed by atoms with Crippen LogP contribution in [0.1, 0.15) is 45.9 Å². The van der Waals surface area contributed by atoms with Crippen molar-refractivity contribution in [1.82, 2.24) is 14.5 Å². The molecule has 1 saturated heterocycles. The molecule has 4 atom stereocenters. The topological polar surface area (TPSA) is 130 Å². The average Bonchev–Trinajstić information content (AvgIpc) is 3.12. The van der Waals surface area contributed by atoms with Gasteiger partial charge in [-0.3, -0.25) is 4.79 Å². The minimum atomic E-state index is -1.22. The number of carbonyl (C=O) groups is 1. The maximum Gasteiger partial charge on any atom is 0.231 e. The van der Waals surface area contributed by atoms with Crippen LogP contribution in [0.15, 0.2) is 12.5 Å². The lowest BCUT2D eigenvalue weighted by atomic mass is 9.83. The summed E-state index contributed by atoms with van der Waals surface area (Å²) in [7, 11) is 0. The van der Waals surface area contributed by atoms with Crippen LogP contribution in [0, 0.1) is 18.3 Å². The molecule has 0 aromatic carbocycles. The maximum atomic E-state index is 12.9. The van der Waals surface area contributed by atoms with Gasteiger partial charge in [-0.25, -0.2) is 9.97 Å². The van der Waals surface area contributed by atoms with Crippen LogP contribution in [0.4, 0.5) is 5.82 Å². The van der Waals surface area contributed by atoms with Gasteiger partial charge in [0.1, 0.15) is 36.1 Å². The van der Waals surface area contributed by atoms with E-state index in [1.54, 1.807) is 10.8 Å². The Bertz CT molecular complexity index is 894. The van der Waals surface area contributed by atoms with Gasteiger partial charge < -0.3 is 29.9 Å². The van der Waals surface area contributed by atoms with Gasteiger partial charge in [-0.05, 0) is 24.8 Å². The summed E-state index contributed by atoms with van der Waals surface area (Å²) >= 11 is 0. The SMILES string of the molecule is Cc1cn([C@@H]2O[C@H](CO)[C@H](O)C2O)c2ncnc(NC(=O)C(C)(C)CC(C)C)c12. The number of aliphatic hydroxyl groups is 3. The molecular weight excluding hydrogens is 376 g/mol. The number of carbonyl (C=O) groups excluding carboxylic acids is 1. The van der Waals surface area contributed by atoms with Crippen LogP contribution < -0.4 is 5.32 Å². The number of hydrogen-bond acceptors (Lipinski definition) is 7. The Balaban J connectivity index is 1.96. The van der Waals surface area contributed by atoms with Gasteiger partial charge in [-0.2, -0.15) is 0 Å². The zero-order valence-corrected chi connectivity index (χ0v) is 17.5. The first-order chi connectivity index (χ1) is 13.6. The second-order valence-electron chi connectivity index (χ2n) is 8.81. The van der Waals surface area contributed by atoms with Crippen molar-refractivity contribution in [3.05, 3.63) is 18.1 Å². The molecule has 4 N–H and O–H groups in total. The van der Waals surface area contributed by atoms with Crippen molar-refractivity contribution in [3.8, 4) is 0 Å². The van der Waals surface area contributed by atoms with Crippen LogP contribution >= 0.6 is 0 Å². The Kier molecular flexibility index (Phi) is 5.96. The van der Waals surface area contributed by atoms with Crippen LogP contribution in [-0.2, 0) is 9.53 Å². The van der Waals surface area contributed by atoms with Crippen molar-refractivity contribution in [3.63, 3.8) is 0 Å². The number of rotatable bonds is 6. The smallest absolute Gasteiger partial charge is 0.231 e. The standard InChI is InChI=1S/C20H30N4O5/c1-10(2)6-20(4,5)19(28)23-16-13-11(3)7-24(17(13)22-9-21-16)18-15(27)14(26)12(8-25)29-18/h7,9-10,12,14-15,18,25-27H,6,8H2,1-5H3,(H,21,22,23,28)/t12-,14+,15?,18-/m1/s1. The lowest BCUT2D eigenvalue weighted by molar-refractivity contribution is -0.124. The number of hydrogen-bond donors (Lipinski definition) is 4. The van der Waals surface area contributed by atoms with E-state index in [4.69, 9.17) is 4.74 Å². The van der Waals surface area contributed by atoms with Crippen molar-refractivity contribution in [2.75, 3.05) is 11.9 Å². The molecule has 0 saturated carbocycles. The quantitative estimate of drug-likeness (QED) is 0.570. The Morgan fingerprint density at radius 2 is 2.00 bits per heavy atom. The van der Waals surface area contributed by atoms with E-state index in [0.717, 1.165) is 12.0 Å². The second-order valence-corrected chi connectivity index (χ2v) is 8.81. The zero-order valence-electron chi connectivity index (χ0n) is 17.5. The van der Waals surface area contributed by atoms with Gasteiger partial charge in [0.15, 0.2) is 6.23 Å². The monoisotopic (exact) mass is 406 g/mol. The molecule has 1 amide bonds. The van der Waals surface area contributed by atoms with E-state index in [1.165, 1.54) is 6.33 Å². The molecule has 3 rings (SSSR count). The largest absolute Gasteiger partial charge is 0.394 e. The fourth-order valence-electron chi connectivity index (χ4n) is 4.06. The van der Waals surface area contributed by atoms with E-state index in [2.05, 4.69) is 29.1 Å². The summed E-state index contributed by atoms with van der Waals surface area (Å²) in [5.41, 5.74) is 0.685. The molecule has 1 aliphatic heterocycles. The summed E-state index contributed by atoms with van der Waals surface area (Å²) in [6, 6.07) is 0. The number of nitrogens with zero attached hydrogens (tertiary/aromatic N) is 3. The Morgan fingerprint density at radius 3 is 2.59 bits per heavy atom. The number of aryl methyl sites for hydroxylation is 1. The molecule has 1 aliphatic rings. The van der Waals surface area contributed by atoms with Crippen molar-refractivity contribution in [2.45, 2.75) is 65.6 Å². The first-order valence-electron chi connectivity index (χ1n) is 9.83. The molecule has 160 valence electrons. The number of aliphatic hydroxyl groups excluding tert-OH is 3. The van der Waals surface area contributed by atoms with Crippen molar-refractivity contribution < 1.29 is 24.9 Å². The Morgan fingerprint density at radius 1 is 1.31 bits per heavy atom. The fraction of sp³-hybridized carbons (Fsp3) is 0.650. The van der Waals surface area contributed by atoms with Gasteiger partial charge in [-0.15, -0.1) is 0 Å². The molecule has 9 nitrogen and oxygen atoms in total. The van der Waals surface area contributed by atoms with Gasteiger partial charge in [-0.1, -0.05) is 27.7 Å². The maximum absolute atomic E-state index is 12.9. The van der Waals surface area contributed by atoms with Crippen LogP contribution in [0.25, 0.3) is 11.0 Å². The highest BCUT2D eigenvalue weighted by atomic mass is 16.6. The number of aromatic nitrogens is 3. The Labute approximate surface area is 169 Å². The highest BCUT2D eigenvalue weighted by molar-refractivity contribution is 6.02. The summed E-state index contributed by atoms with van der Waals surface area (Å²) in [5.74, 6) is 0.627. The molecule has 3 heterocycles. The molecule has 1 unspecified atom stereocenters. The predicted octanol–water partition coefficient (Wildman–Crippen LogP) is 1.36. The van der Waals surface area contributed by atoms with E-state index in [0.29, 0.717) is 22.8 Å². The number of nitrogens with one attached hydrogen (secondary N) is 1. The minimum Gasteiger partial charge on any atom is -0.394 e. The van der Waals surface area contributed by atoms with E-state index < -0.39 is 36.6 Å². The summed E-state index contributed by atoms with van der Waals surface area (Å²) in [4.78, 5) is 21.4. The van der Waals surface area contributed by atoms with Gasteiger partial charge >= 0.3 is 0 Å². The number of ether oxygens (including phenoxy) is 1. The second kappa shape index (κ2) is 7.98. The van der Waals surface area contributed by atoms with Crippen LogP contribution in [-0.4, -0.2) is 60.7 Å². The first kappa shape index (κ1) is 21.6. The summed E-state index contributed by atoms with van der Waals surface area (Å²) < 4.78 is 7.23.